The zero-order valence-corrected chi connectivity index (χ0v) is 10.7. The Labute approximate surface area is 119 Å². The van der Waals surface area contributed by atoms with Crippen LogP contribution < -0.4 is 10.1 Å². The predicted octanol–water partition coefficient (Wildman–Crippen LogP) is 0.997. The van der Waals surface area contributed by atoms with Crippen LogP contribution in [0.5, 0.6) is 5.75 Å². The summed E-state index contributed by atoms with van der Waals surface area (Å²) in [5.74, 6) is -1.11. The number of hydrogen-bond acceptors (Lipinski definition) is 5. The monoisotopic (exact) mass is 286 g/mol. The van der Waals surface area contributed by atoms with Crippen LogP contribution in [-0.4, -0.2) is 33.8 Å². The lowest BCUT2D eigenvalue weighted by Gasteiger charge is -2.05. The van der Waals surface area contributed by atoms with Gasteiger partial charge in [-0.05, 0) is 24.3 Å². The first-order chi connectivity index (χ1) is 10.1. The van der Waals surface area contributed by atoms with Crippen LogP contribution in [-0.2, 0) is 4.79 Å². The van der Waals surface area contributed by atoms with Crippen LogP contribution in [0.25, 0.3) is 0 Å². The Bertz CT molecular complexity index is 700. The van der Waals surface area contributed by atoms with Crippen molar-refractivity contribution in [3.8, 4) is 11.8 Å². The van der Waals surface area contributed by atoms with Gasteiger partial charge in [-0.3, -0.25) is 9.89 Å². The van der Waals surface area contributed by atoms with Crippen LogP contribution in [0.1, 0.15) is 16.1 Å². The zero-order chi connectivity index (χ0) is 15.2. The van der Waals surface area contributed by atoms with Crippen LogP contribution in [0.15, 0.2) is 30.3 Å². The second-order valence-electron chi connectivity index (χ2n) is 3.95. The van der Waals surface area contributed by atoms with Gasteiger partial charge in [0.25, 0.3) is 5.91 Å². The van der Waals surface area contributed by atoms with Crippen molar-refractivity contribution in [1.29, 1.82) is 5.26 Å². The highest BCUT2D eigenvalue weighted by molar-refractivity contribution is 5.93. The third-order valence-electron chi connectivity index (χ3n) is 2.43. The lowest BCUT2D eigenvalue weighted by Crippen LogP contribution is -2.20. The molecule has 2 rings (SSSR count). The summed E-state index contributed by atoms with van der Waals surface area (Å²) < 4.78 is 5.22. The lowest BCUT2D eigenvalue weighted by molar-refractivity contribution is -0.118. The molecule has 1 aromatic carbocycles. The van der Waals surface area contributed by atoms with Crippen LogP contribution in [0.4, 0.5) is 5.82 Å². The largest absolute Gasteiger partial charge is 0.484 e. The van der Waals surface area contributed by atoms with Crippen LogP contribution in [0, 0.1) is 11.3 Å². The molecular weight excluding hydrogens is 276 g/mol. The smallest absolute Gasteiger partial charge is 0.353 e. The minimum atomic E-state index is -1.17. The number of H-pyrrole nitrogens is 1. The topological polar surface area (TPSA) is 128 Å². The molecule has 106 valence electrons. The Hall–Kier alpha value is -3.34. The van der Waals surface area contributed by atoms with E-state index in [-0.39, 0.29) is 18.1 Å². The Balaban J connectivity index is 1.86. The summed E-state index contributed by atoms with van der Waals surface area (Å²) in [6.45, 7) is -0.263. The van der Waals surface area contributed by atoms with E-state index in [1.54, 1.807) is 24.3 Å². The summed E-state index contributed by atoms with van der Waals surface area (Å²) in [6, 6.07) is 9.45. The van der Waals surface area contributed by atoms with E-state index < -0.39 is 11.9 Å². The number of anilines is 1. The second kappa shape index (κ2) is 6.21. The summed E-state index contributed by atoms with van der Waals surface area (Å²) in [6.07, 6.45) is 0. The molecule has 1 heterocycles. The molecule has 8 nitrogen and oxygen atoms in total. The fraction of sp³-hybridized carbons (Fsp3) is 0.0769. The van der Waals surface area contributed by atoms with E-state index in [0.717, 1.165) is 0 Å². The molecule has 0 atom stereocenters. The molecule has 0 bridgehead atoms. The number of carbonyl (C=O) groups excluding carboxylic acids is 1. The Kier molecular flexibility index (Phi) is 4.16. The SMILES string of the molecule is N#Cc1ccc(OCC(=O)Nc2cc(C(=O)O)[nH]n2)cc1. The minimum absolute atomic E-state index is 0.0980. The molecule has 0 saturated carbocycles. The number of aromatic nitrogens is 2. The number of benzene rings is 1. The standard InChI is InChI=1S/C13H10N4O4/c14-6-8-1-3-9(4-2-8)21-7-12(18)15-11-5-10(13(19)20)16-17-11/h1-5H,7H2,(H,19,20)(H2,15,16,17,18). The van der Waals surface area contributed by atoms with Gasteiger partial charge in [0.1, 0.15) is 11.4 Å². The highest BCUT2D eigenvalue weighted by Crippen LogP contribution is 2.11. The maximum atomic E-state index is 11.6. The molecule has 0 saturated heterocycles. The normalized spacial score (nSPS) is 9.67. The van der Waals surface area contributed by atoms with Crippen molar-refractivity contribution >= 4 is 17.7 Å². The number of rotatable bonds is 5. The summed E-state index contributed by atoms with van der Waals surface area (Å²) >= 11 is 0. The summed E-state index contributed by atoms with van der Waals surface area (Å²) in [4.78, 5) is 22.2. The fourth-order valence-electron chi connectivity index (χ4n) is 1.45. The first-order valence-corrected chi connectivity index (χ1v) is 5.80. The molecule has 0 aliphatic heterocycles. The first-order valence-electron chi connectivity index (χ1n) is 5.80. The van der Waals surface area contributed by atoms with Gasteiger partial charge in [-0.1, -0.05) is 0 Å². The van der Waals surface area contributed by atoms with E-state index in [4.69, 9.17) is 15.1 Å². The second-order valence-corrected chi connectivity index (χ2v) is 3.95. The third kappa shape index (κ3) is 3.81. The number of nitriles is 1. The van der Waals surface area contributed by atoms with Gasteiger partial charge in [0.05, 0.1) is 11.6 Å². The number of amides is 1. The predicted molar refractivity (Wildman–Crippen MR) is 70.8 cm³/mol. The summed E-state index contributed by atoms with van der Waals surface area (Å²) in [5, 5.41) is 25.6. The average molecular weight is 286 g/mol. The van der Waals surface area contributed by atoms with Gasteiger partial charge in [0, 0.05) is 6.07 Å². The molecule has 21 heavy (non-hydrogen) atoms. The first kappa shape index (κ1) is 14.1. The van der Waals surface area contributed by atoms with Crippen LogP contribution in [0.3, 0.4) is 0 Å². The van der Waals surface area contributed by atoms with Crippen molar-refractivity contribution in [2.24, 2.45) is 0 Å². The molecule has 2 aromatic rings. The molecule has 0 aliphatic carbocycles. The molecule has 1 aromatic heterocycles. The molecule has 3 N–H and O–H groups in total. The van der Waals surface area contributed by atoms with Gasteiger partial charge in [0.2, 0.25) is 0 Å². The Morgan fingerprint density at radius 2 is 2.10 bits per heavy atom. The van der Waals surface area contributed by atoms with E-state index >= 15 is 0 Å². The van der Waals surface area contributed by atoms with E-state index in [2.05, 4.69) is 15.5 Å². The average Bonchev–Trinajstić information content (AvgIpc) is 2.94. The van der Waals surface area contributed by atoms with E-state index in [0.29, 0.717) is 11.3 Å². The molecule has 1 amide bonds. The zero-order valence-electron chi connectivity index (χ0n) is 10.7. The minimum Gasteiger partial charge on any atom is -0.484 e. The van der Waals surface area contributed by atoms with E-state index in [9.17, 15) is 9.59 Å². The Morgan fingerprint density at radius 1 is 1.38 bits per heavy atom. The van der Waals surface area contributed by atoms with Crippen molar-refractivity contribution < 1.29 is 19.4 Å². The van der Waals surface area contributed by atoms with Crippen molar-refractivity contribution in [2.45, 2.75) is 0 Å². The molecule has 0 radical (unpaired) electrons. The number of carbonyl (C=O) groups is 2. The van der Waals surface area contributed by atoms with Gasteiger partial charge >= 0.3 is 5.97 Å². The molecule has 0 spiro atoms. The number of aromatic carboxylic acids is 1. The van der Waals surface area contributed by atoms with Gasteiger partial charge < -0.3 is 15.2 Å². The molecule has 8 heteroatoms. The van der Waals surface area contributed by atoms with Gasteiger partial charge in [-0.15, -0.1) is 0 Å². The van der Waals surface area contributed by atoms with Gasteiger partial charge in [-0.25, -0.2) is 4.79 Å². The Morgan fingerprint density at radius 3 is 2.67 bits per heavy atom. The molecule has 0 fully saturated rings. The molecule has 0 unspecified atom stereocenters. The van der Waals surface area contributed by atoms with Crippen molar-refractivity contribution in [2.75, 3.05) is 11.9 Å². The molecular formula is C13H10N4O4. The number of carboxylic acid groups (broad SMARTS) is 1. The number of carboxylic acids is 1. The van der Waals surface area contributed by atoms with Crippen molar-refractivity contribution in [1.82, 2.24) is 10.2 Å². The highest BCUT2D eigenvalue weighted by atomic mass is 16.5. The number of aromatic amines is 1. The van der Waals surface area contributed by atoms with Crippen molar-refractivity contribution in [3.05, 3.63) is 41.6 Å². The van der Waals surface area contributed by atoms with E-state index in [1.165, 1.54) is 6.07 Å². The lowest BCUT2D eigenvalue weighted by atomic mass is 10.2. The third-order valence-corrected chi connectivity index (χ3v) is 2.43. The summed E-state index contributed by atoms with van der Waals surface area (Å²) in [7, 11) is 0. The maximum absolute atomic E-state index is 11.6. The van der Waals surface area contributed by atoms with Crippen LogP contribution >= 0.6 is 0 Å². The number of ether oxygens (including phenoxy) is 1. The number of nitrogens with zero attached hydrogens (tertiary/aromatic N) is 2. The fourth-order valence-corrected chi connectivity index (χ4v) is 1.45. The highest BCUT2D eigenvalue weighted by Gasteiger charge is 2.10. The van der Waals surface area contributed by atoms with Gasteiger partial charge in [-0.2, -0.15) is 10.4 Å². The quantitative estimate of drug-likeness (QED) is 0.752. The van der Waals surface area contributed by atoms with Crippen LogP contribution in [0.2, 0.25) is 0 Å². The number of hydrogen-bond donors (Lipinski definition) is 3. The molecule has 0 aliphatic rings. The maximum Gasteiger partial charge on any atom is 0.353 e. The number of nitrogens with one attached hydrogen (secondary N) is 2. The summed E-state index contributed by atoms with van der Waals surface area (Å²) in [5.41, 5.74) is 0.364. The van der Waals surface area contributed by atoms with E-state index in [1.807, 2.05) is 6.07 Å². The van der Waals surface area contributed by atoms with Gasteiger partial charge in [0.15, 0.2) is 12.4 Å². The van der Waals surface area contributed by atoms with Crippen molar-refractivity contribution in [3.63, 3.8) is 0 Å².